The van der Waals surface area contributed by atoms with Crippen molar-refractivity contribution < 1.29 is 38.1 Å². The second-order valence-corrected chi connectivity index (χ2v) is 12.5. The number of aryl methyl sites for hydroxylation is 1. The molecule has 5 aromatic rings. The number of nitrogens with zero attached hydrogens (tertiary/aromatic N) is 1. The fourth-order valence-corrected chi connectivity index (χ4v) is 6.54. The van der Waals surface area contributed by atoms with E-state index in [1.54, 1.807) is 51.3 Å². The summed E-state index contributed by atoms with van der Waals surface area (Å²) in [4.78, 5) is 52.9. The Balaban J connectivity index is 1.39. The fraction of sp³-hybridized carbons (Fsp3) is 0.316. The van der Waals surface area contributed by atoms with Crippen LogP contribution < -0.4 is 19.6 Å². The molecule has 0 spiro atoms. The number of rotatable bonds is 9. The highest BCUT2D eigenvalue weighted by atomic mass is 16.6. The number of methoxy groups -OCH3 is 2. The van der Waals surface area contributed by atoms with Crippen molar-refractivity contribution in [1.29, 1.82) is 0 Å². The number of aromatic nitrogens is 1. The third-order valence-corrected chi connectivity index (χ3v) is 8.88. The molecule has 1 aliphatic rings. The van der Waals surface area contributed by atoms with Crippen molar-refractivity contribution in [2.24, 2.45) is 7.05 Å². The second-order valence-electron chi connectivity index (χ2n) is 12.5. The molecule has 10 nitrogen and oxygen atoms in total. The number of ether oxygens (including phenoxy) is 5. The summed E-state index contributed by atoms with van der Waals surface area (Å²) < 4.78 is 31.2. The Labute approximate surface area is 277 Å². The maximum Gasteiger partial charge on any atom is 0.306 e. The summed E-state index contributed by atoms with van der Waals surface area (Å²) >= 11 is 0. The minimum Gasteiger partial charge on any atom is -0.497 e. The molecule has 0 fully saturated rings. The molecule has 1 aliphatic heterocycles. The van der Waals surface area contributed by atoms with Gasteiger partial charge in [0.25, 0.3) is 0 Å². The number of fused-ring (bicyclic) bond motifs is 5. The van der Waals surface area contributed by atoms with Gasteiger partial charge in [-0.05, 0) is 67.4 Å². The Morgan fingerprint density at radius 1 is 0.896 bits per heavy atom. The van der Waals surface area contributed by atoms with Gasteiger partial charge in [0.05, 0.1) is 36.2 Å². The molecule has 2 heterocycles. The lowest BCUT2D eigenvalue weighted by Gasteiger charge is -2.43. The molecule has 0 saturated carbocycles. The van der Waals surface area contributed by atoms with Gasteiger partial charge in [-0.15, -0.1) is 0 Å². The van der Waals surface area contributed by atoms with E-state index >= 15 is 0 Å². The second kappa shape index (κ2) is 12.7. The van der Waals surface area contributed by atoms with Gasteiger partial charge in [-0.3, -0.25) is 19.2 Å². The van der Waals surface area contributed by atoms with E-state index in [1.807, 2.05) is 48.0 Å². The van der Waals surface area contributed by atoms with Crippen molar-refractivity contribution in [2.75, 3.05) is 14.2 Å². The number of esters is 2. The van der Waals surface area contributed by atoms with Gasteiger partial charge in [0.2, 0.25) is 5.43 Å². The van der Waals surface area contributed by atoms with Crippen molar-refractivity contribution in [1.82, 2.24) is 4.57 Å². The van der Waals surface area contributed by atoms with Crippen LogP contribution in [0.15, 0.2) is 71.5 Å². The Kier molecular flexibility index (Phi) is 8.59. The molecule has 6 rings (SSSR count). The van der Waals surface area contributed by atoms with Crippen molar-refractivity contribution in [2.45, 2.75) is 57.8 Å². The highest BCUT2D eigenvalue weighted by Crippen LogP contribution is 2.49. The monoisotopic (exact) mass is 651 g/mol. The van der Waals surface area contributed by atoms with Gasteiger partial charge < -0.3 is 28.3 Å². The summed E-state index contributed by atoms with van der Waals surface area (Å²) in [6, 6.07) is 20.0. The molecule has 0 saturated heterocycles. The van der Waals surface area contributed by atoms with Gasteiger partial charge in [0.15, 0.2) is 18.0 Å². The standard InChI is InChI=1S/C38H37NO9/c1-21(40)46-36-33-30(48-38(2,3)37(36)47-31(42)13-9-12-28(41)22-14-16-25(44-5)17-15-22)20-29(45-6)32-34(33)39(4)27-19-24-11-8-7-10-23(24)18-26(27)35(32)43/h7-8,10-11,14-20,36-37H,9,12-13H2,1-6H3. The van der Waals surface area contributed by atoms with Gasteiger partial charge >= 0.3 is 11.9 Å². The number of carbonyl (C=O) groups excluding carboxylic acids is 3. The molecular weight excluding hydrogens is 614 g/mol. The number of hydrogen-bond acceptors (Lipinski definition) is 9. The first-order chi connectivity index (χ1) is 22.9. The first-order valence-electron chi connectivity index (χ1n) is 15.7. The van der Waals surface area contributed by atoms with E-state index in [9.17, 15) is 19.2 Å². The van der Waals surface area contributed by atoms with E-state index in [4.69, 9.17) is 23.7 Å². The number of benzene rings is 4. The molecule has 0 aliphatic carbocycles. The first kappa shape index (κ1) is 32.6. The number of carbonyl (C=O) groups is 3. The highest BCUT2D eigenvalue weighted by molar-refractivity contribution is 6.04. The van der Waals surface area contributed by atoms with Gasteiger partial charge in [-0.1, -0.05) is 24.3 Å². The van der Waals surface area contributed by atoms with Gasteiger partial charge in [-0.25, -0.2) is 0 Å². The van der Waals surface area contributed by atoms with E-state index in [2.05, 4.69) is 0 Å². The quantitative estimate of drug-likeness (QED) is 0.0986. The van der Waals surface area contributed by atoms with Crippen LogP contribution in [-0.2, 0) is 26.1 Å². The molecule has 48 heavy (non-hydrogen) atoms. The van der Waals surface area contributed by atoms with Crippen LogP contribution in [0.5, 0.6) is 17.2 Å². The number of hydrogen-bond donors (Lipinski definition) is 0. The maximum absolute atomic E-state index is 14.2. The molecule has 2 atom stereocenters. The molecular formula is C38H37NO9. The summed E-state index contributed by atoms with van der Waals surface area (Å²) in [5.74, 6) is -0.0139. The lowest BCUT2D eigenvalue weighted by atomic mass is 9.86. The predicted octanol–water partition coefficient (Wildman–Crippen LogP) is 6.60. The smallest absolute Gasteiger partial charge is 0.306 e. The van der Waals surface area contributed by atoms with Crippen LogP contribution in [0.4, 0.5) is 0 Å². The van der Waals surface area contributed by atoms with E-state index in [-0.39, 0.29) is 35.9 Å². The van der Waals surface area contributed by atoms with Crippen molar-refractivity contribution in [3.8, 4) is 17.2 Å². The van der Waals surface area contributed by atoms with Crippen molar-refractivity contribution in [3.63, 3.8) is 0 Å². The van der Waals surface area contributed by atoms with Crippen molar-refractivity contribution >= 4 is 50.3 Å². The minimum absolute atomic E-state index is 0.0479. The zero-order valence-electron chi connectivity index (χ0n) is 27.7. The SMILES string of the molecule is COc1ccc(C(=O)CCCC(=O)OC2C(OC(C)=O)c3c(cc(OC)c4c(=O)c5cc6ccccc6cc5n(C)c34)OC2(C)C)cc1. The highest BCUT2D eigenvalue weighted by Gasteiger charge is 2.50. The third-order valence-electron chi connectivity index (χ3n) is 8.88. The average molecular weight is 652 g/mol. The first-order valence-corrected chi connectivity index (χ1v) is 15.7. The van der Waals surface area contributed by atoms with Gasteiger partial charge in [0, 0.05) is 43.8 Å². The summed E-state index contributed by atoms with van der Waals surface area (Å²) in [5.41, 5.74) is 0.582. The number of Topliss-reactive ketones (excluding diaryl/α,β-unsaturated/α-hetero) is 1. The predicted molar refractivity (Wildman–Crippen MR) is 181 cm³/mol. The largest absolute Gasteiger partial charge is 0.497 e. The minimum atomic E-state index is -1.16. The molecule has 0 N–H and O–H groups in total. The third kappa shape index (κ3) is 5.83. The molecule has 0 bridgehead atoms. The van der Waals surface area contributed by atoms with Crippen molar-refractivity contribution in [3.05, 3.63) is 88.1 Å². The zero-order chi connectivity index (χ0) is 34.3. The van der Waals surface area contributed by atoms with Crippen LogP contribution in [0.3, 0.4) is 0 Å². The summed E-state index contributed by atoms with van der Waals surface area (Å²) in [6.45, 7) is 4.75. The Morgan fingerprint density at radius 2 is 1.58 bits per heavy atom. The topological polar surface area (TPSA) is 119 Å². The van der Waals surface area contributed by atoms with Gasteiger partial charge in [0.1, 0.15) is 22.8 Å². The summed E-state index contributed by atoms with van der Waals surface area (Å²) in [7, 11) is 4.85. The molecule has 0 radical (unpaired) electrons. The van der Waals surface area contributed by atoms with E-state index < -0.39 is 29.7 Å². The fourth-order valence-electron chi connectivity index (χ4n) is 6.54. The van der Waals surface area contributed by atoms with Crippen LogP contribution in [0, 0.1) is 0 Å². The summed E-state index contributed by atoms with van der Waals surface area (Å²) in [6.07, 6.45) is -1.87. The maximum atomic E-state index is 14.2. The Morgan fingerprint density at radius 3 is 2.23 bits per heavy atom. The molecule has 4 aromatic carbocycles. The molecule has 10 heteroatoms. The number of pyridine rings is 1. The lowest BCUT2D eigenvalue weighted by molar-refractivity contribution is -0.189. The zero-order valence-corrected chi connectivity index (χ0v) is 27.7. The summed E-state index contributed by atoms with van der Waals surface area (Å²) in [5, 5.41) is 2.64. The van der Waals surface area contributed by atoms with Crippen LogP contribution >= 0.6 is 0 Å². The van der Waals surface area contributed by atoms with E-state index in [0.717, 1.165) is 10.8 Å². The van der Waals surface area contributed by atoms with E-state index in [0.29, 0.717) is 44.8 Å². The average Bonchev–Trinajstić information content (AvgIpc) is 3.06. The lowest BCUT2D eigenvalue weighted by Crippen LogP contribution is -2.52. The van der Waals surface area contributed by atoms with E-state index in [1.165, 1.54) is 14.0 Å². The molecule has 248 valence electrons. The Bertz CT molecular complexity index is 2150. The van der Waals surface area contributed by atoms with Gasteiger partial charge in [-0.2, -0.15) is 0 Å². The Hall–Kier alpha value is -5.38. The normalized spacial score (nSPS) is 16.6. The molecule has 0 amide bonds. The van der Waals surface area contributed by atoms with Crippen LogP contribution in [-0.4, -0.2) is 48.2 Å². The van der Waals surface area contributed by atoms with Crippen LogP contribution in [0.1, 0.15) is 62.1 Å². The van der Waals surface area contributed by atoms with Crippen LogP contribution in [0.2, 0.25) is 0 Å². The van der Waals surface area contributed by atoms with Crippen LogP contribution in [0.25, 0.3) is 32.6 Å². The molecule has 2 unspecified atom stereocenters. The number of ketones is 1. The molecule has 1 aromatic heterocycles.